The van der Waals surface area contributed by atoms with Gasteiger partial charge in [0.05, 0.1) is 5.92 Å². The van der Waals surface area contributed by atoms with E-state index in [0.717, 1.165) is 0 Å². The van der Waals surface area contributed by atoms with Gasteiger partial charge in [0.25, 0.3) is 0 Å². The van der Waals surface area contributed by atoms with Gasteiger partial charge in [-0.15, -0.1) is 0 Å². The Kier molecular flexibility index (Phi) is 2.44. The highest BCUT2D eigenvalue weighted by atomic mass is 19.1. The Bertz CT molecular complexity index is 163. The number of carbonyl (C=O) groups is 1. The molecule has 0 aromatic carbocycles. The summed E-state index contributed by atoms with van der Waals surface area (Å²) >= 11 is 0. The summed E-state index contributed by atoms with van der Waals surface area (Å²) in [4.78, 5) is 12.2. The van der Waals surface area contributed by atoms with Crippen LogP contribution in [-0.4, -0.2) is 42.3 Å². The molecule has 3 nitrogen and oxygen atoms in total. The fourth-order valence-electron chi connectivity index (χ4n) is 1.44. The van der Waals surface area contributed by atoms with Gasteiger partial charge in [-0.05, 0) is 13.5 Å². The monoisotopic (exact) mass is 161 g/mol. The van der Waals surface area contributed by atoms with E-state index in [1.807, 2.05) is 0 Å². The zero-order valence-corrected chi connectivity index (χ0v) is 6.46. The highest BCUT2D eigenvalue weighted by molar-refractivity contribution is 5.70. The molecule has 0 amide bonds. The van der Waals surface area contributed by atoms with E-state index in [0.29, 0.717) is 13.0 Å². The molecule has 0 aromatic heterocycles. The minimum Gasteiger partial charge on any atom is -0.481 e. The molecular weight excluding hydrogens is 149 g/mol. The summed E-state index contributed by atoms with van der Waals surface area (Å²) in [6.45, 7) is 0.0319. The van der Waals surface area contributed by atoms with Crippen LogP contribution in [0.2, 0.25) is 0 Å². The van der Waals surface area contributed by atoms with E-state index in [2.05, 4.69) is 0 Å². The maximum Gasteiger partial charge on any atom is 0.307 e. The molecule has 4 heteroatoms. The largest absolute Gasteiger partial charge is 0.481 e. The maximum absolute atomic E-state index is 12.2. The Morgan fingerprint density at radius 2 is 2.45 bits per heavy atom. The molecule has 1 heterocycles. The highest BCUT2D eigenvalue weighted by Gasteiger charge is 2.33. The lowest BCUT2D eigenvalue weighted by molar-refractivity contribution is -0.141. The minimum atomic E-state index is -0.812. The second kappa shape index (κ2) is 3.17. The molecule has 64 valence electrons. The van der Waals surface area contributed by atoms with Crippen LogP contribution in [0.5, 0.6) is 0 Å². The molecule has 11 heavy (non-hydrogen) atoms. The summed E-state index contributed by atoms with van der Waals surface area (Å²) < 4.78 is 12.2. The van der Waals surface area contributed by atoms with Crippen LogP contribution >= 0.6 is 0 Å². The van der Waals surface area contributed by atoms with E-state index >= 15 is 0 Å². The van der Waals surface area contributed by atoms with Crippen molar-refractivity contribution in [3.05, 3.63) is 0 Å². The van der Waals surface area contributed by atoms with Gasteiger partial charge in [-0.1, -0.05) is 0 Å². The summed E-state index contributed by atoms with van der Waals surface area (Å²) in [6, 6.07) is -0.184. The smallest absolute Gasteiger partial charge is 0.307 e. The molecule has 1 rings (SSSR count). The topological polar surface area (TPSA) is 40.5 Å². The SMILES string of the molecule is CN1CC(C(=O)O)CC1CF. The normalized spacial score (nSPS) is 32.5. The zero-order valence-electron chi connectivity index (χ0n) is 6.46. The first-order valence-corrected chi connectivity index (χ1v) is 3.64. The van der Waals surface area contributed by atoms with Crippen molar-refractivity contribution >= 4 is 5.97 Å². The van der Waals surface area contributed by atoms with Crippen molar-refractivity contribution in [2.24, 2.45) is 5.92 Å². The molecule has 0 bridgehead atoms. The van der Waals surface area contributed by atoms with Crippen LogP contribution in [0, 0.1) is 5.92 Å². The third-order valence-electron chi connectivity index (χ3n) is 2.22. The van der Waals surface area contributed by atoms with Crippen LogP contribution in [0.3, 0.4) is 0 Å². The van der Waals surface area contributed by atoms with Gasteiger partial charge in [0, 0.05) is 12.6 Å². The van der Waals surface area contributed by atoms with Crippen molar-refractivity contribution in [3.8, 4) is 0 Å². The van der Waals surface area contributed by atoms with Crippen molar-refractivity contribution in [2.45, 2.75) is 12.5 Å². The summed E-state index contributed by atoms with van der Waals surface area (Å²) in [5.74, 6) is -1.19. The summed E-state index contributed by atoms with van der Waals surface area (Å²) in [6.07, 6.45) is 0.447. The molecule has 1 saturated heterocycles. The second-order valence-corrected chi connectivity index (χ2v) is 3.02. The Morgan fingerprint density at radius 3 is 2.73 bits per heavy atom. The Morgan fingerprint density at radius 1 is 1.82 bits per heavy atom. The number of nitrogens with zero attached hydrogens (tertiary/aromatic N) is 1. The number of hydrogen-bond acceptors (Lipinski definition) is 2. The van der Waals surface area contributed by atoms with Crippen LogP contribution in [0.15, 0.2) is 0 Å². The van der Waals surface area contributed by atoms with Crippen LogP contribution in [-0.2, 0) is 4.79 Å². The summed E-state index contributed by atoms with van der Waals surface area (Å²) in [5, 5.41) is 8.60. The van der Waals surface area contributed by atoms with Gasteiger partial charge < -0.3 is 5.11 Å². The van der Waals surface area contributed by atoms with E-state index < -0.39 is 12.6 Å². The number of alkyl halides is 1. The van der Waals surface area contributed by atoms with Gasteiger partial charge in [0.2, 0.25) is 0 Å². The van der Waals surface area contributed by atoms with Gasteiger partial charge >= 0.3 is 5.97 Å². The minimum absolute atomic E-state index is 0.184. The Labute approximate surface area is 64.8 Å². The first-order chi connectivity index (χ1) is 5.15. The fraction of sp³-hybridized carbons (Fsp3) is 0.857. The molecule has 0 aliphatic carbocycles. The zero-order chi connectivity index (χ0) is 8.43. The van der Waals surface area contributed by atoms with Gasteiger partial charge in [-0.3, -0.25) is 9.69 Å². The van der Waals surface area contributed by atoms with Gasteiger partial charge in [0.15, 0.2) is 0 Å². The standard InChI is InChI=1S/C7H12FNO2/c1-9-4-5(7(10)11)2-6(9)3-8/h5-6H,2-4H2,1H3,(H,10,11). The summed E-state index contributed by atoms with van der Waals surface area (Å²) in [7, 11) is 1.76. The molecule has 1 aliphatic rings. The number of hydrogen-bond donors (Lipinski definition) is 1. The van der Waals surface area contributed by atoms with Gasteiger partial charge in [-0.25, -0.2) is 4.39 Å². The number of likely N-dealkylation sites (tertiary alicyclic amines) is 1. The molecular formula is C7H12FNO2. The van der Waals surface area contributed by atoms with Crippen molar-refractivity contribution in [2.75, 3.05) is 20.3 Å². The molecule has 1 fully saturated rings. The molecule has 0 aromatic rings. The average Bonchev–Trinajstić information content (AvgIpc) is 2.31. The van der Waals surface area contributed by atoms with E-state index in [4.69, 9.17) is 5.11 Å². The van der Waals surface area contributed by atoms with Gasteiger partial charge in [-0.2, -0.15) is 0 Å². The number of aliphatic carboxylic acids is 1. The lowest BCUT2D eigenvalue weighted by Gasteiger charge is -2.13. The lowest BCUT2D eigenvalue weighted by Crippen LogP contribution is -2.26. The van der Waals surface area contributed by atoms with E-state index in [1.54, 1.807) is 11.9 Å². The van der Waals surface area contributed by atoms with E-state index in [-0.39, 0.29) is 12.0 Å². The van der Waals surface area contributed by atoms with Crippen LogP contribution in [0.25, 0.3) is 0 Å². The highest BCUT2D eigenvalue weighted by Crippen LogP contribution is 2.21. The first kappa shape index (κ1) is 8.46. The fourth-order valence-corrected chi connectivity index (χ4v) is 1.44. The van der Waals surface area contributed by atoms with Crippen molar-refractivity contribution in [1.29, 1.82) is 0 Å². The van der Waals surface area contributed by atoms with Crippen LogP contribution in [0.1, 0.15) is 6.42 Å². The quantitative estimate of drug-likeness (QED) is 0.635. The number of halogens is 1. The van der Waals surface area contributed by atoms with E-state index in [1.165, 1.54) is 0 Å². The van der Waals surface area contributed by atoms with Gasteiger partial charge in [0.1, 0.15) is 6.67 Å². The van der Waals surface area contributed by atoms with Crippen molar-refractivity contribution in [1.82, 2.24) is 4.90 Å². The number of rotatable bonds is 2. The van der Waals surface area contributed by atoms with Crippen LogP contribution in [0.4, 0.5) is 4.39 Å². The molecule has 0 spiro atoms. The van der Waals surface area contributed by atoms with Crippen molar-refractivity contribution < 1.29 is 14.3 Å². The van der Waals surface area contributed by atoms with Crippen molar-refractivity contribution in [3.63, 3.8) is 0 Å². The third-order valence-corrected chi connectivity index (χ3v) is 2.22. The third kappa shape index (κ3) is 1.68. The second-order valence-electron chi connectivity index (χ2n) is 3.02. The maximum atomic E-state index is 12.2. The number of carboxylic acids is 1. The summed E-state index contributed by atoms with van der Waals surface area (Å²) in [5.41, 5.74) is 0. The molecule has 1 N–H and O–H groups in total. The number of carboxylic acid groups (broad SMARTS) is 1. The van der Waals surface area contributed by atoms with Crippen LogP contribution < -0.4 is 0 Å². The first-order valence-electron chi connectivity index (χ1n) is 3.64. The molecule has 0 radical (unpaired) electrons. The lowest BCUT2D eigenvalue weighted by atomic mass is 10.1. The van der Waals surface area contributed by atoms with E-state index in [9.17, 15) is 9.18 Å². The predicted molar refractivity (Wildman–Crippen MR) is 38.1 cm³/mol. The molecule has 2 unspecified atom stereocenters. The molecule has 1 aliphatic heterocycles. The predicted octanol–water partition coefficient (Wildman–Crippen LogP) is 0.361. The Hall–Kier alpha value is -0.640. The molecule has 0 saturated carbocycles. The molecule has 2 atom stereocenters. The Balaban J connectivity index is 2.49. The average molecular weight is 161 g/mol.